The Hall–Kier alpha value is -2.21. The van der Waals surface area contributed by atoms with Gasteiger partial charge in [-0.15, -0.1) is 0 Å². The molecule has 0 aliphatic carbocycles. The van der Waals surface area contributed by atoms with Crippen molar-refractivity contribution in [2.75, 3.05) is 13.1 Å². The summed E-state index contributed by atoms with van der Waals surface area (Å²) in [7, 11) is 0. The maximum absolute atomic E-state index is 13.0. The average Bonchev–Trinajstić information content (AvgIpc) is 3.23. The number of H-pyrrole nitrogens is 1. The van der Waals surface area contributed by atoms with Crippen molar-refractivity contribution < 1.29 is 9.18 Å². The molecule has 2 saturated heterocycles. The predicted molar refractivity (Wildman–Crippen MR) is 89.1 cm³/mol. The fraction of sp³-hybridized carbons (Fsp3) is 0.444. The van der Waals surface area contributed by atoms with E-state index in [-0.39, 0.29) is 17.8 Å². The number of amides is 1. The molecule has 4 rings (SSSR count). The first kappa shape index (κ1) is 15.3. The highest BCUT2D eigenvalue weighted by atomic mass is 19.1. The van der Waals surface area contributed by atoms with Crippen LogP contribution in [0.2, 0.25) is 0 Å². The number of aromatic amines is 1. The lowest BCUT2D eigenvalue weighted by Gasteiger charge is -2.32. The van der Waals surface area contributed by atoms with Crippen molar-refractivity contribution >= 4 is 5.91 Å². The van der Waals surface area contributed by atoms with Crippen LogP contribution in [-0.2, 0) is 0 Å². The zero-order valence-electron chi connectivity index (χ0n) is 13.5. The summed E-state index contributed by atoms with van der Waals surface area (Å²) in [6, 6.07) is 8.50. The van der Waals surface area contributed by atoms with Crippen molar-refractivity contribution in [3.63, 3.8) is 0 Å². The lowest BCUT2D eigenvalue weighted by molar-refractivity contribution is 0.0910. The molecule has 2 atom stereocenters. The van der Waals surface area contributed by atoms with Crippen LogP contribution in [0.25, 0.3) is 11.3 Å². The molecule has 0 radical (unpaired) electrons. The van der Waals surface area contributed by atoms with Gasteiger partial charge in [0.1, 0.15) is 11.5 Å². The molecule has 0 spiro atoms. The Labute approximate surface area is 140 Å². The van der Waals surface area contributed by atoms with Gasteiger partial charge in [-0.3, -0.25) is 14.8 Å². The number of aromatic nitrogens is 2. The maximum Gasteiger partial charge on any atom is 0.269 e. The van der Waals surface area contributed by atoms with E-state index in [1.165, 1.54) is 25.0 Å². The SMILES string of the molecule is O=C(N[C@H]1CCN2CCCC[C@@H]12)c1cc(-c2ccc(F)cc2)n[nH]1. The van der Waals surface area contributed by atoms with Gasteiger partial charge >= 0.3 is 0 Å². The van der Waals surface area contributed by atoms with Crippen molar-refractivity contribution in [3.8, 4) is 11.3 Å². The van der Waals surface area contributed by atoms with Crippen LogP contribution < -0.4 is 5.32 Å². The lowest BCUT2D eigenvalue weighted by atomic mass is 9.99. The van der Waals surface area contributed by atoms with E-state index < -0.39 is 0 Å². The summed E-state index contributed by atoms with van der Waals surface area (Å²) in [5, 5.41) is 10.1. The summed E-state index contributed by atoms with van der Waals surface area (Å²) in [5.74, 6) is -0.404. The maximum atomic E-state index is 13.0. The van der Waals surface area contributed by atoms with Crippen LogP contribution >= 0.6 is 0 Å². The molecule has 5 nitrogen and oxygen atoms in total. The molecule has 1 amide bonds. The van der Waals surface area contributed by atoms with E-state index in [1.807, 2.05) is 0 Å². The lowest BCUT2D eigenvalue weighted by Crippen LogP contribution is -2.46. The highest BCUT2D eigenvalue weighted by Crippen LogP contribution is 2.27. The minimum atomic E-state index is -0.287. The summed E-state index contributed by atoms with van der Waals surface area (Å²) >= 11 is 0. The van der Waals surface area contributed by atoms with Crippen molar-refractivity contribution in [2.45, 2.75) is 37.8 Å². The molecule has 0 bridgehead atoms. The third kappa shape index (κ3) is 2.94. The Kier molecular flexibility index (Phi) is 4.06. The van der Waals surface area contributed by atoms with Crippen LogP contribution in [0.1, 0.15) is 36.2 Å². The Morgan fingerprint density at radius 2 is 2.04 bits per heavy atom. The van der Waals surface area contributed by atoms with Gasteiger partial charge in [-0.25, -0.2) is 4.39 Å². The second-order valence-corrected chi connectivity index (χ2v) is 6.64. The van der Waals surface area contributed by atoms with Gasteiger partial charge in [-0.1, -0.05) is 6.42 Å². The van der Waals surface area contributed by atoms with Gasteiger partial charge in [0.05, 0.1) is 5.69 Å². The first-order valence-corrected chi connectivity index (χ1v) is 8.57. The van der Waals surface area contributed by atoms with Crippen LogP contribution in [0.15, 0.2) is 30.3 Å². The number of rotatable bonds is 3. The fourth-order valence-electron chi connectivity index (χ4n) is 3.87. The summed E-state index contributed by atoms with van der Waals surface area (Å²) in [6.07, 6.45) is 4.68. The number of benzene rings is 1. The van der Waals surface area contributed by atoms with Crippen LogP contribution in [0.3, 0.4) is 0 Å². The molecule has 1 aromatic heterocycles. The summed E-state index contributed by atoms with van der Waals surface area (Å²) in [6.45, 7) is 2.22. The van der Waals surface area contributed by atoms with E-state index in [9.17, 15) is 9.18 Å². The van der Waals surface area contributed by atoms with E-state index in [0.717, 1.165) is 31.5 Å². The zero-order valence-corrected chi connectivity index (χ0v) is 13.5. The smallest absolute Gasteiger partial charge is 0.269 e. The summed E-state index contributed by atoms with van der Waals surface area (Å²) in [4.78, 5) is 15.0. The largest absolute Gasteiger partial charge is 0.346 e. The predicted octanol–water partition coefficient (Wildman–Crippen LogP) is 2.57. The molecule has 2 aliphatic rings. The zero-order chi connectivity index (χ0) is 16.5. The van der Waals surface area contributed by atoms with Crippen LogP contribution in [-0.4, -0.2) is 46.2 Å². The van der Waals surface area contributed by atoms with Gasteiger partial charge in [0.25, 0.3) is 5.91 Å². The summed E-state index contributed by atoms with van der Waals surface area (Å²) < 4.78 is 13.0. The molecule has 2 aromatic rings. The molecule has 1 aromatic carbocycles. The molecule has 2 N–H and O–H groups in total. The van der Waals surface area contributed by atoms with E-state index in [0.29, 0.717) is 17.4 Å². The quantitative estimate of drug-likeness (QED) is 0.910. The van der Waals surface area contributed by atoms with Gasteiger partial charge in [0.15, 0.2) is 0 Å². The van der Waals surface area contributed by atoms with Crippen molar-refractivity contribution in [3.05, 3.63) is 41.8 Å². The molecule has 2 aliphatic heterocycles. The molecule has 126 valence electrons. The first-order valence-electron chi connectivity index (χ1n) is 8.57. The van der Waals surface area contributed by atoms with Gasteiger partial charge in [-0.05, 0) is 56.1 Å². The molecule has 24 heavy (non-hydrogen) atoms. The number of nitrogens with zero attached hydrogens (tertiary/aromatic N) is 2. The third-order valence-corrected chi connectivity index (χ3v) is 5.13. The van der Waals surface area contributed by atoms with Crippen molar-refractivity contribution in [1.29, 1.82) is 0 Å². The normalized spacial score (nSPS) is 23.9. The molecule has 3 heterocycles. The number of hydrogen-bond acceptors (Lipinski definition) is 3. The highest BCUT2D eigenvalue weighted by Gasteiger charge is 2.36. The monoisotopic (exact) mass is 328 g/mol. The van der Waals surface area contributed by atoms with Crippen molar-refractivity contribution in [1.82, 2.24) is 20.4 Å². The topological polar surface area (TPSA) is 61.0 Å². The fourth-order valence-corrected chi connectivity index (χ4v) is 3.87. The number of halogens is 1. The van der Waals surface area contributed by atoms with Crippen molar-refractivity contribution in [2.24, 2.45) is 0 Å². The molecule has 2 fully saturated rings. The summed E-state index contributed by atoms with van der Waals surface area (Å²) in [5.41, 5.74) is 1.88. The number of piperidine rings is 1. The number of nitrogens with one attached hydrogen (secondary N) is 2. The number of hydrogen-bond donors (Lipinski definition) is 2. The van der Waals surface area contributed by atoms with Gasteiger partial charge in [0, 0.05) is 24.2 Å². The highest BCUT2D eigenvalue weighted by molar-refractivity contribution is 5.93. The Morgan fingerprint density at radius 3 is 2.88 bits per heavy atom. The van der Waals surface area contributed by atoms with Gasteiger partial charge < -0.3 is 5.32 Å². The number of carbonyl (C=O) groups excluding carboxylic acids is 1. The standard InChI is InChI=1S/C18H21FN4O/c19-13-6-4-12(5-7-13)15-11-16(22-21-15)18(24)20-14-8-10-23-9-2-1-3-17(14)23/h4-7,11,14,17H,1-3,8-10H2,(H,20,24)(H,21,22)/t14-,17-/m0/s1. The molecule has 0 unspecified atom stereocenters. The number of fused-ring (bicyclic) bond motifs is 1. The van der Waals surface area contributed by atoms with Gasteiger partial charge in [-0.2, -0.15) is 5.10 Å². The Morgan fingerprint density at radius 1 is 1.21 bits per heavy atom. The minimum Gasteiger partial charge on any atom is -0.346 e. The second-order valence-electron chi connectivity index (χ2n) is 6.64. The van der Waals surface area contributed by atoms with Crippen LogP contribution in [0.4, 0.5) is 4.39 Å². The second kappa shape index (κ2) is 6.36. The third-order valence-electron chi connectivity index (χ3n) is 5.13. The van der Waals surface area contributed by atoms with E-state index >= 15 is 0 Å². The first-order chi connectivity index (χ1) is 11.7. The van der Waals surface area contributed by atoms with Crippen LogP contribution in [0, 0.1) is 5.82 Å². The Bertz CT molecular complexity index is 727. The van der Waals surface area contributed by atoms with Crippen LogP contribution in [0.5, 0.6) is 0 Å². The van der Waals surface area contributed by atoms with E-state index in [2.05, 4.69) is 20.4 Å². The average molecular weight is 328 g/mol. The van der Waals surface area contributed by atoms with E-state index in [4.69, 9.17) is 0 Å². The molecular weight excluding hydrogens is 307 g/mol. The minimum absolute atomic E-state index is 0.117. The van der Waals surface area contributed by atoms with Gasteiger partial charge in [0.2, 0.25) is 0 Å². The molecular formula is C18H21FN4O. The molecule has 6 heteroatoms. The Balaban J connectivity index is 1.44. The number of carbonyl (C=O) groups is 1. The molecule has 0 saturated carbocycles. The van der Waals surface area contributed by atoms with E-state index in [1.54, 1.807) is 18.2 Å².